The second kappa shape index (κ2) is 43.8. The van der Waals surface area contributed by atoms with E-state index in [2.05, 4.69) is 27.7 Å². The van der Waals surface area contributed by atoms with E-state index in [4.69, 9.17) is 0 Å². The first-order chi connectivity index (χ1) is 17.8. The Morgan fingerprint density at radius 2 is 0.378 bits per heavy atom. The molecule has 0 aromatic carbocycles. The van der Waals surface area contributed by atoms with Gasteiger partial charge in [-0.3, -0.25) is 0 Å². The summed E-state index contributed by atoms with van der Waals surface area (Å²) in [7, 11) is 0. The van der Waals surface area contributed by atoms with Crippen LogP contribution in [0.15, 0.2) is 0 Å². The van der Waals surface area contributed by atoms with Gasteiger partial charge in [-0.2, -0.15) is 12.8 Å². The van der Waals surface area contributed by atoms with Crippen molar-refractivity contribution in [3.8, 4) is 0 Å². The van der Waals surface area contributed by atoms with Crippen molar-refractivity contribution in [1.82, 2.24) is 0 Å². The average Bonchev–Trinajstić information content (AvgIpc) is 2.89. The summed E-state index contributed by atoms with van der Waals surface area (Å²) in [6.07, 6.45) is 45.6. The van der Waals surface area contributed by atoms with Crippen molar-refractivity contribution >= 4 is 23.1 Å². The Hall–Kier alpha value is 0.766. The van der Waals surface area contributed by atoms with Gasteiger partial charge in [-0.25, -0.2) is 0 Å². The van der Waals surface area contributed by atoms with Gasteiger partial charge in [0.15, 0.2) is 0 Å². The Morgan fingerprint density at radius 1 is 0.243 bits per heavy atom. The summed E-state index contributed by atoms with van der Waals surface area (Å²) >= 11 is 0. The number of unbranched alkanes of at least 4 members (excludes halogenated alkanes) is 30. The molecular weight excluding hydrogens is 457 g/mol. The summed E-state index contributed by atoms with van der Waals surface area (Å²) in [6, 6.07) is 0. The standard InChI is InChI=1S/2C18H37.Mg/c2*1-3-5-7-9-11-13-15-17-18-16-14-12-10-8-6-4-2;/h2*1,3-18H2,2H3;/q2*-1;+2. The second-order valence-corrected chi connectivity index (χ2v) is 11.6. The van der Waals surface area contributed by atoms with Crippen LogP contribution in [0.1, 0.15) is 219 Å². The van der Waals surface area contributed by atoms with E-state index in [1.54, 1.807) is 0 Å². The molecule has 0 spiro atoms. The molecule has 0 aromatic heterocycles. The summed E-state index contributed by atoms with van der Waals surface area (Å²) in [5.74, 6) is 0. The third kappa shape index (κ3) is 46.9. The first kappa shape index (κ1) is 42.2. The molecule has 0 amide bonds. The number of rotatable bonds is 30. The molecule has 0 saturated carbocycles. The predicted molar refractivity (Wildman–Crippen MR) is 176 cm³/mol. The van der Waals surface area contributed by atoms with E-state index in [1.807, 2.05) is 0 Å². The molecule has 0 aliphatic carbocycles. The zero-order chi connectivity index (χ0) is 26.6. The van der Waals surface area contributed by atoms with Gasteiger partial charge in [0.1, 0.15) is 0 Å². The molecule has 0 atom stereocenters. The quantitative estimate of drug-likeness (QED) is 0.0491. The van der Waals surface area contributed by atoms with Crippen molar-refractivity contribution in [3.05, 3.63) is 13.8 Å². The minimum Gasteiger partial charge on any atom is -0.343 e. The second-order valence-electron chi connectivity index (χ2n) is 11.6. The van der Waals surface area contributed by atoms with E-state index in [9.17, 15) is 0 Å². The first-order valence-corrected chi connectivity index (χ1v) is 17.4. The predicted octanol–water partition coefficient (Wildman–Crippen LogP) is 13.8. The van der Waals surface area contributed by atoms with Crippen LogP contribution in [0.3, 0.4) is 0 Å². The van der Waals surface area contributed by atoms with Gasteiger partial charge in [-0.15, -0.1) is 0 Å². The Bertz CT molecular complexity index is 263. The zero-order valence-electron chi connectivity index (χ0n) is 26.7. The largest absolute Gasteiger partial charge is 2.00 e. The molecule has 0 heterocycles. The van der Waals surface area contributed by atoms with E-state index in [1.165, 1.54) is 193 Å². The van der Waals surface area contributed by atoms with E-state index in [0.29, 0.717) is 0 Å². The van der Waals surface area contributed by atoms with Crippen LogP contribution in [0, 0.1) is 13.8 Å². The van der Waals surface area contributed by atoms with Crippen molar-refractivity contribution in [2.45, 2.75) is 219 Å². The summed E-state index contributed by atoms with van der Waals surface area (Å²) in [4.78, 5) is 0. The zero-order valence-corrected chi connectivity index (χ0v) is 28.2. The molecule has 0 rings (SSSR count). The average molecular weight is 531 g/mol. The van der Waals surface area contributed by atoms with Crippen molar-refractivity contribution in [3.63, 3.8) is 0 Å². The smallest absolute Gasteiger partial charge is 0.343 e. The Morgan fingerprint density at radius 3 is 0.514 bits per heavy atom. The number of hydrogen-bond donors (Lipinski definition) is 0. The van der Waals surface area contributed by atoms with Crippen molar-refractivity contribution in [2.24, 2.45) is 0 Å². The van der Waals surface area contributed by atoms with Crippen LogP contribution in [0.5, 0.6) is 0 Å². The Labute approximate surface area is 255 Å². The SMILES string of the molecule is [CH2-]CCCCCCCCCCCCCCCCC.[CH2-]CCCCCCCCCCCCCCCCC.[Mg+2]. The van der Waals surface area contributed by atoms with Gasteiger partial charge in [-0.1, -0.05) is 206 Å². The maximum atomic E-state index is 3.88. The normalized spacial score (nSPS) is 10.7. The van der Waals surface area contributed by atoms with Crippen LogP contribution in [0.2, 0.25) is 0 Å². The maximum Gasteiger partial charge on any atom is 2.00 e. The van der Waals surface area contributed by atoms with Crippen molar-refractivity contribution in [1.29, 1.82) is 0 Å². The van der Waals surface area contributed by atoms with Crippen LogP contribution < -0.4 is 0 Å². The van der Waals surface area contributed by atoms with Crippen molar-refractivity contribution < 1.29 is 0 Å². The topological polar surface area (TPSA) is 0 Å². The fourth-order valence-corrected chi connectivity index (χ4v) is 5.10. The molecular formula is C36H74Mg. The van der Waals surface area contributed by atoms with Gasteiger partial charge < -0.3 is 13.8 Å². The van der Waals surface area contributed by atoms with Crippen LogP contribution in [0.4, 0.5) is 0 Å². The molecule has 0 fully saturated rings. The third-order valence-electron chi connectivity index (χ3n) is 7.71. The van der Waals surface area contributed by atoms with E-state index < -0.39 is 0 Å². The minimum absolute atomic E-state index is 0. The van der Waals surface area contributed by atoms with E-state index >= 15 is 0 Å². The van der Waals surface area contributed by atoms with Gasteiger partial charge in [0.2, 0.25) is 0 Å². The molecule has 0 N–H and O–H groups in total. The monoisotopic (exact) mass is 531 g/mol. The van der Waals surface area contributed by atoms with Crippen LogP contribution in [-0.2, 0) is 0 Å². The van der Waals surface area contributed by atoms with Gasteiger partial charge in [0.25, 0.3) is 0 Å². The summed E-state index contributed by atoms with van der Waals surface area (Å²) in [5.41, 5.74) is 0. The molecule has 0 radical (unpaired) electrons. The fourth-order valence-electron chi connectivity index (χ4n) is 5.10. The molecule has 0 nitrogen and oxygen atoms in total. The van der Waals surface area contributed by atoms with Crippen molar-refractivity contribution in [2.75, 3.05) is 0 Å². The number of hydrogen-bond acceptors (Lipinski definition) is 0. The molecule has 0 saturated heterocycles. The fraction of sp³-hybridized carbons (Fsp3) is 0.944. The molecule has 0 aliphatic rings. The van der Waals surface area contributed by atoms with Gasteiger partial charge in [0, 0.05) is 0 Å². The van der Waals surface area contributed by atoms with Crippen LogP contribution in [-0.4, -0.2) is 23.1 Å². The molecule has 37 heavy (non-hydrogen) atoms. The van der Waals surface area contributed by atoms with E-state index in [-0.39, 0.29) is 23.1 Å². The van der Waals surface area contributed by atoms with Gasteiger partial charge in [0.05, 0.1) is 0 Å². The molecule has 220 valence electrons. The first-order valence-electron chi connectivity index (χ1n) is 17.4. The Balaban J connectivity index is -0.000000608. The summed E-state index contributed by atoms with van der Waals surface area (Å²) in [6.45, 7) is 12.4. The molecule has 0 aliphatic heterocycles. The molecule has 0 aromatic rings. The molecule has 1 heteroatoms. The third-order valence-corrected chi connectivity index (χ3v) is 7.71. The van der Waals surface area contributed by atoms with E-state index in [0.717, 1.165) is 12.8 Å². The minimum atomic E-state index is 0. The van der Waals surface area contributed by atoms with Gasteiger partial charge >= 0.3 is 23.1 Å². The van der Waals surface area contributed by atoms with Gasteiger partial charge in [-0.05, 0) is 0 Å². The molecule has 0 bridgehead atoms. The molecule has 0 unspecified atom stereocenters. The Kier molecular flexibility index (Phi) is 50.0. The summed E-state index contributed by atoms with van der Waals surface area (Å²) < 4.78 is 0. The van der Waals surface area contributed by atoms with Crippen LogP contribution in [0.25, 0.3) is 0 Å². The van der Waals surface area contributed by atoms with Crippen LogP contribution >= 0.6 is 0 Å². The maximum absolute atomic E-state index is 3.88. The summed E-state index contributed by atoms with van der Waals surface area (Å²) in [5, 5.41) is 0.